The maximum absolute atomic E-state index is 13.0. The van der Waals surface area contributed by atoms with E-state index >= 15 is 0 Å². The maximum atomic E-state index is 13.0. The summed E-state index contributed by atoms with van der Waals surface area (Å²) in [6, 6.07) is 6.27. The number of nitrogens with zero attached hydrogens (tertiary/aromatic N) is 3. The molecule has 3 heterocycles. The zero-order chi connectivity index (χ0) is 16.5. The number of hydrogen-bond donors (Lipinski definition) is 1. The van der Waals surface area contributed by atoms with Crippen molar-refractivity contribution in [2.75, 3.05) is 13.2 Å². The highest BCUT2D eigenvalue weighted by Gasteiger charge is 2.20. The molecule has 1 aliphatic heterocycles. The molecule has 124 valence electrons. The third kappa shape index (κ3) is 2.82. The van der Waals surface area contributed by atoms with Crippen LogP contribution >= 0.6 is 0 Å². The molecule has 0 radical (unpaired) electrons. The number of fused-ring (bicyclic) bond motifs is 1. The molecule has 1 fully saturated rings. The molecule has 1 aromatic carbocycles. The number of halogens is 1. The highest BCUT2D eigenvalue weighted by atomic mass is 19.1. The van der Waals surface area contributed by atoms with E-state index in [0.717, 1.165) is 25.0 Å². The van der Waals surface area contributed by atoms with Gasteiger partial charge >= 0.3 is 0 Å². The van der Waals surface area contributed by atoms with Gasteiger partial charge in [0.2, 0.25) is 0 Å². The van der Waals surface area contributed by atoms with Crippen LogP contribution in [0.1, 0.15) is 30.3 Å². The fourth-order valence-electron chi connectivity index (χ4n) is 3.04. The van der Waals surface area contributed by atoms with Crippen molar-refractivity contribution in [2.24, 2.45) is 0 Å². The summed E-state index contributed by atoms with van der Waals surface area (Å²) in [5.41, 5.74) is 1.25. The van der Waals surface area contributed by atoms with E-state index in [-0.39, 0.29) is 17.4 Å². The summed E-state index contributed by atoms with van der Waals surface area (Å²) in [6.45, 7) is 1.35. The van der Waals surface area contributed by atoms with Gasteiger partial charge in [-0.2, -0.15) is 5.10 Å². The Hall–Kier alpha value is -2.54. The van der Waals surface area contributed by atoms with Crippen molar-refractivity contribution in [1.29, 1.82) is 0 Å². The number of ether oxygens (including phenoxy) is 1. The summed E-state index contributed by atoms with van der Waals surface area (Å²) >= 11 is 0. The SMILES string of the molecule is O=c1[nH]c(Cc2ccc(F)cc2)nc2c1cnn2C1CCCOC1. The van der Waals surface area contributed by atoms with Gasteiger partial charge in [-0.3, -0.25) is 4.79 Å². The minimum absolute atomic E-state index is 0.101. The number of rotatable bonds is 3. The molecule has 0 aliphatic carbocycles. The van der Waals surface area contributed by atoms with E-state index in [1.165, 1.54) is 12.1 Å². The molecule has 1 unspecified atom stereocenters. The van der Waals surface area contributed by atoms with E-state index < -0.39 is 0 Å². The van der Waals surface area contributed by atoms with E-state index in [4.69, 9.17) is 4.74 Å². The van der Waals surface area contributed by atoms with Crippen molar-refractivity contribution in [3.63, 3.8) is 0 Å². The van der Waals surface area contributed by atoms with Crippen LogP contribution in [0, 0.1) is 5.82 Å². The average molecular weight is 328 g/mol. The Labute approximate surface area is 137 Å². The van der Waals surface area contributed by atoms with E-state index in [9.17, 15) is 9.18 Å². The number of benzene rings is 1. The highest BCUT2D eigenvalue weighted by molar-refractivity contribution is 5.73. The van der Waals surface area contributed by atoms with E-state index in [0.29, 0.717) is 29.9 Å². The highest BCUT2D eigenvalue weighted by Crippen LogP contribution is 2.22. The van der Waals surface area contributed by atoms with E-state index in [1.54, 1.807) is 23.0 Å². The smallest absolute Gasteiger partial charge is 0.262 e. The minimum Gasteiger partial charge on any atom is -0.379 e. The Kier molecular flexibility index (Phi) is 3.86. The molecule has 1 atom stereocenters. The van der Waals surface area contributed by atoms with Gasteiger partial charge in [-0.1, -0.05) is 12.1 Å². The lowest BCUT2D eigenvalue weighted by Crippen LogP contribution is -2.23. The minimum atomic E-state index is -0.286. The molecule has 1 aliphatic rings. The standard InChI is InChI=1S/C17H17FN4O2/c18-12-5-3-11(4-6-12)8-15-20-16-14(17(23)21-15)9-19-22(16)13-2-1-7-24-10-13/h3-6,9,13H,1-2,7-8,10H2,(H,20,21,23). The predicted octanol–water partition coefficient (Wildman–Crippen LogP) is 2.20. The second-order valence-electron chi connectivity index (χ2n) is 6.01. The average Bonchev–Trinajstić information content (AvgIpc) is 3.02. The van der Waals surface area contributed by atoms with Gasteiger partial charge in [0, 0.05) is 13.0 Å². The van der Waals surface area contributed by atoms with Gasteiger partial charge in [0.05, 0.1) is 18.8 Å². The summed E-state index contributed by atoms with van der Waals surface area (Å²) in [5, 5.41) is 4.82. The molecule has 6 nitrogen and oxygen atoms in total. The summed E-state index contributed by atoms with van der Waals surface area (Å²) in [5.74, 6) is 0.253. The molecule has 0 spiro atoms. The van der Waals surface area contributed by atoms with Crippen LogP contribution in [-0.4, -0.2) is 33.0 Å². The molecule has 4 rings (SSSR count). The summed E-state index contributed by atoms with van der Waals surface area (Å²) in [4.78, 5) is 19.7. The monoisotopic (exact) mass is 328 g/mol. The maximum Gasteiger partial charge on any atom is 0.262 e. The number of aromatic nitrogens is 4. The van der Waals surface area contributed by atoms with Crippen LogP contribution in [0.3, 0.4) is 0 Å². The number of nitrogens with one attached hydrogen (secondary N) is 1. The molecule has 7 heteroatoms. The number of hydrogen-bond acceptors (Lipinski definition) is 4. The second kappa shape index (κ2) is 6.16. The van der Waals surface area contributed by atoms with Crippen LogP contribution in [0.15, 0.2) is 35.3 Å². The second-order valence-corrected chi connectivity index (χ2v) is 6.01. The van der Waals surface area contributed by atoms with Crippen LogP contribution in [0.2, 0.25) is 0 Å². The predicted molar refractivity (Wildman–Crippen MR) is 86.4 cm³/mol. The van der Waals surface area contributed by atoms with Crippen LogP contribution in [-0.2, 0) is 11.2 Å². The Morgan fingerprint density at radius 2 is 2.17 bits per heavy atom. The van der Waals surface area contributed by atoms with Crippen molar-refractivity contribution in [3.05, 3.63) is 58.0 Å². The van der Waals surface area contributed by atoms with Crippen molar-refractivity contribution < 1.29 is 9.13 Å². The zero-order valence-electron chi connectivity index (χ0n) is 13.0. The third-order valence-electron chi connectivity index (χ3n) is 4.28. The fraction of sp³-hybridized carbons (Fsp3) is 0.353. The molecule has 0 amide bonds. The lowest BCUT2D eigenvalue weighted by molar-refractivity contribution is 0.0563. The molecule has 2 aromatic heterocycles. The Morgan fingerprint density at radius 1 is 1.33 bits per heavy atom. The lowest BCUT2D eigenvalue weighted by Gasteiger charge is -2.22. The third-order valence-corrected chi connectivity index (χ3v) is 4.28. The molecular formula is C17H17FN4O2. The quantitative estimate of drug-likeness (QED) is 0.800. The molecule has 1 saturated heterocycles. The summed E-state index contributed by atoms with van der Waals surface area (Å²) in [7, 11) is 0. The topological polar surface area (TPSA) is 72.8 Å². The molecule has 0 bridgehead atoms. The lowest BCUT2D eigenvalue weighted by atomic mass is 10.1. The molecule has 3 aromatic rings. The Bertz CT molecular complexity index is 910. The van der Waals surface area contributed by atoms with Gasteiger partial charge in [0.25, 0.3) is 5.56 Å². The van der Waals surface area contributed by atoms with Crippen molar-refractivity contribution in [3.8, 4) is 0 Å². The van der Waals surface area contributed by atoms with E-state index in [2.05, 4.69) is 15.1 Å². The summed E-state index contributed by atoms with van der Waals surface area (Å²) < 4.78 is 20.3. The first-order chi connectivity index (χ1) is 11.7. The van der Waals surface area contributed by atoms with Gasteiger partial charge in [0.1, 0.15) is 17.0 Å². The number of H-pyrrole nitrogens is 1. The van der Waals surface area contributed by atoms with Crippen molar-refractivity contribution in [2.45, 2.75) is 25.3 Å². The fourth-order valence-corrected chi connectivity index (χ4v) is 3.04. The summed E-state index contributed by atoms with van der Waals surface area (Å²) in [6.07, 6.45) is 3.91. The van der Waals surface area contributed by atoms with Crippen LogP contribution in [0.4, 0.5) is 4.39 Å². The molecular weight excluding hydrogens is 311 g/mol. The molecule has 0 saturated carbocycles. The van der Waals surface area contributed by atoms with Crippen molar-refractivity contribution >= 4 is 11.0 Å². The van der Waals surface area contributed by atoms with Gasteiger partial charge in [-0.15, -0.1) is 0 Å². The largest absolute Gasteiger partial charge is 0.379 e. The first-order valence-electron chi connectivity index (χ1n) is 7.99. The van der Waals surface area contributed by atoms with Gasteiger partial charge in [-0.05, 0) is 30.5 Å². The Morgan fingerprint density at radius 3 is 2.92 bits per heavy atom. The zero-order valence-corrected chi connectivity index (χ0v) is 13.0. The van der Waals surface area contributed by atoms with E-state index in [1.807, 2.05) is 0 Å². The van der Waals surface area contributed by atoms with Crippen LogP contribution in [0.5, 0.6) is 0 Å². The van der Waals surface area contributed by atoms with Gasteiger partial charge in [0.15, 0.2) is 5.65 Å². The normalized spacial score (nSPS) is 18.1. The van der Waals surface area contributed by atoms with Crippen LogP contribution < -0.4 is 5.56 Å². The molecule has 1 N–H and O–H groups in total. The first kappa shape index (κ1) is 15.0. The Balaban J connectivity index is 1.71. The van der Waals surface area contributed by atoms with Crippen molar-refractivity contribution in [1.82, 2.24) is 19.7 Å². The van der Waals surface area contributed by atoms with Gasteiger partial charge < -0.3 is 9.72 Å². The molecule has 24 heavy (non-hydrogen) atoms. The number of aromatic amines is 1. The van der Waals surface area contributed by atoms with Crippen LogP contribution in [0.25, 0.3) is 11.0 Å². The first-order valence-corrected chi connectivity index (χ1v) is 7.99. The van der Waals surface area contributed by atoms with Gasteiger partial charge in [-0.25, -0.2) is 14.1 Å².